The Morgan fingerprint density at radius 2 is 2.09 bits per heavy atom. The monoisotopic (exact) mass is 347 g/mol. The van der Waals surface area contributed by atoms with Crippen molar-refractivity contribution in [1.82, 2.24) is 4.90 Å². The number of aliphatic hydroxyl groups excluding tert-OH is 1. The smallest absolute Gasteiger partial charge is 0.326 e. The molecule has 1 aliphatic rings. The maximum Gasteiger partial charge on any atom is 0.326 e. The lowest BCUT2D eigenvalue weighted by Gasteiger charge is -2.25. The predicted molar refractivity (Wildman–Crippen MR) is 85.4 cm³/mol. The zero-order chi connectivity index (χ0) is 17.4. The summed E-state index contributed by atoms with van der Waals surface area (Å²) in [6.45, 7) is 0.301. The van der Waals surface area contributed by atoms with E-state index in [-0.39, 0.29) is 24.7 Å². The molecule has 0 aromatic heterocycles. The van der Waals surface area contributed by atoms with Gasteiger partial charge in [0, 0.05) is 47.7 Å². The molecule has 1 saturated heterocycles. The van der Waals surface area contributed by atoms with Gasteiger partial charge in [-0.15, -0.1) is 4.91 Å². The molecular formula is C12H21N5O5S. The number of hydrogen-bond acceptors (Lipinski definition) is 7. The number of aliphatic hydroxyl groups is 1. The fraction of sp³-hybridized carbons (Fsp3) is 0.750. The van der Waals surface area contributed by atoms with Crippen LogP contribution in [-0.4, -0.2) is 63.9 Å². The van der Waals surface area contributed by atoms with Crippen LogP contribution in [0.2, 0.25) is 0 Å². The van der Waals surface area contributed by atoms with Gasteiger partial charge >= 0.3 is 5.97 Å². The Bertz CT molecular complexity index is 471. The molecule has 0 bridgehead atoms. The first-order valence-corrected chi connectivity index (χ1v) is 8.02. The average molecular weight is 347 g/mol. The van der Waals surface area contributed by atoms with Crippen LogP contribution in [0, 0.1) is 10.8 Å². The molecule has 10 nitrogen and oxygen atoms in total. The number of aliphatic imine (C=N–C) groups is 1. The Balaban J connectivity index is 2.71. The highest BCUT2D eigenvalue weighted by Crippen LogP contribution is 2.24. The SMILES string of the molecule is NC(N)=NCCCC(CSN=O)C(=O)N1CC(O)C[C@H]1C(=O)O. The topological polar surface area (TPSA) is 172 Å². The first-order chi connectivity index (χ1) is 10.9. The molecular weight excluding hydrogens is 326 g/mol. The van der Waals surface area contributed by atoms with E-state index in [9.17, 15) is 19.6 Å². The number of hydrogen-bond donors (Lipinski definition) is 4. The summed E-state index contributed by atoms with van der Waals surface area (Å²) in [6.07, 6.45) is 0.0268. The maximum atomic E-state index is 12.5. The fourth-order valence-electron chi connectivity index (χ4n) is 2.47. The highest BCUT2D eigenvalue weighted by atomic mass is 32.2. The molecule has 0 aromatic rings. The van der Waals surface area contributed by atoms with E-state index in [1.165, 1.54) is 0 Å². The number of carbonyl (C=O) groups excluding carboxylic acids is 1. The van der Waals surface area contributed by atoms with Crippen LogP contribution < -0.4 is 11.5 Å². The molecule has 0 spiro atoms. The first kappa shape index (κ1) is 19.2. The third-order valence-corrected chi connectivity index (χ3v) is 4.19. The zero-order valence-electron chi connectivity index (χ0n) is 12.5. The van der Waals surface area contributed by atoms with Crippen LogP contribution in [0.1, 0.15) is 19.3 Å². The third-order valence-electron chi connectivity index (χ3n) is 3.53. The molecule has 1 aliphatic heterocycles. The lowest BCUT2D eigenvalue weighted by molar-refractivity contribution is -0.149. The van der Waals surface area contributed by atoms with Crippen LogP contribution in [0.5, 0.6) is 0 Å². The van der Waals surface area contributed by atoms with E-state index >= 15 is 0 Å². The molecule has 1 fully saturated rings. The molecule has 1 heterocycles. The summed E-state index contributed by atoms with van der Waals surface area (Å²) >= 11 is 0.705. The third kappa shape index (κ3) is 6.02. The Morgan fingerprint density at radius 3 is 2.65 bits per heavy atom. The minimum Gasteiger partial charge on any atom is -0.480 e. The lowest BCUT2D eigenvalue weighted by Crippen LogP contribution is -2.44. The van der Waals surface area contributed by atoms with Gasteiger partial charge in [0.1, 0.15) is 6.04 Å². The van der Waals surface area contributed by atoms with Crippen LogP contribution in [0.4, 0.5) is 0 Å². The maximum absolute atomic E-state index is 12.5. The normalized spacial score (nSPS) is 21.7. The summed E-state index contributed by atoms with van der Waals surface area (Å²) < 4.78 is 2.67. The number of carboxylic acid groups (broad SMARTS) is 1. The van der Waals surface area contributed by atoms with Gasteiger partial charge in [-0.2, -0.15) is 0 Å². The minimum atomic E-state index is -1.16. The zero-order valence-corrected chi connectivity index (χ0v) is 13.3. The second-order valence-corrected chi connectivity index (χ2v) is 5.99. The molecule has 1 amide bonds. The molecule has 2 unspecified atom stereocenters. The van der Waals surface area contributed by atoms with E-state index < -0.39 is 29.9 Å². The van der Waals surface area contributed by atoms with Gasteiger partial charge in [0.15, 0.2) is 5.96 Å². The van der Waals surface area contributed by atoms with Gasteiger partial charge in [0.25, 0.3) is 0 Å². The van der Waals surface area contributed by atoms with Gasteiger partial charge in [-0.05, 0) is 12.8 Å². The van der Waals surface area contributed by atoms with E-state index in [0.717, 1.165) is 4.90 Å². The largest absolute Gasteiger partial charge is 0.480 e. The number of likely N-dealkylation sites (tertiary alicyclic amines) is 1. The lowest BCUT2D eigenvalue weighted by atomic mass is 10.0. The number of guanidine groups is 1. The van der Waals surface area contributed by atoms with Crippen molar-refractivity contribution in [2.75, 3.05) is 18.8 Å². The molecule has 0 aromatic carbocycles. The molecule has 130 valence electrons. The Labute approximate surface area is 137 Å². The Hall–Kier alpha value is -1.88. The highest BCUT2D eigenvalue weighted by molar-refractivity contribution is 7.97. The van der Waals surface area contributed by atoms with Crippen molar-refractivity contribution in [2.45, 2.75) is 31.4 Å². The number of amides is 1. The molecule has 11 heteroatoms. The van der Waals surface area contributed by atoms with Gasteiger partial charge in [0.05, 0.1) is 6.10 Å². The molecule has 1 rings (SSSR count). The number of aliphatic carboxylic acids is 1. The van der Waals surface area contributed by atoms with Gasteiger partial charge in [0.2, 0.25) is 5.91 Å². The average Bonchev–Trinajstić information content (AvgIpc) is 2.88. The van der Waals surface area contributed by atoms with Crippen LogP contribution in [-0.2, 0) is 9.59 Å². The predicted octanol–water partition coefficient (Wildman–Crippen LogP) is -0.883. The number of nitrogens with two attached hydrogens (primary N) is 2. The van der Waals surface area contributed by atoms with Gasteiger partial charge in [-0.1, -0.05) is 0 Å². The number of carboxylic acids is 1. The van der Waals surface area contributed by atoms with Crippen molar-refractivity contribution in [3.05, 3.63) is 4.91 Å². The van der Waals surface area contributed by atoms with Gasteiger partial charge in [-0.3, -0.25) is 9.79 Å². The van der Waals surface area contributed by atoms with Crippen molar-refractivity contribution in [3.63, 3.8) is 0 Å². The molecule has 6 N–H and O–H groups in total. The molecule has 3 atom stereocenters. The van der Waals surface area contributed by atoms with Crippen LogP contribution in [0.25, 0.3) is 0 Å². The first-order valence-electron chi connectivity index (χ1n) is 7.08. The van der Waals surface area contributed by atoms with E-state index in [4.69, 9.17) is 16.6 Å². The van der Waals surface area contributed by atoms with Crippen molar-refractivity contribution >= 4 is 29.8 Å². The standard InChI is InChI=1S/C12H21N5O5S/c13-12(14)15-3-1-2-7(6-23-16-22)10(19)17-5-8(18)4-9(17)11(20)21/h7-9,18H,1-6H2,(H,20,21)(H4,13,14,15)/t7?,8?,9-/m0/s1. The molecule has 0 saturated carbocycles. The second-order valence-electron chi connectivity index (χ2n) is 5.25. The highest BCUT2D eigenvalue weighted by Gasteiger charge is 2.40. The number of nitrogens with zero attached hydrogens (tertiary/aromatic N) is 3. The quantitative estimate of drug-likeness (QED) is 0.137. The van der Waals surface area contributed by atoms with E-state index in [1.54, 1.807) is 0 Å². The number of carbonyl (C=O) groups is 2. The number of nitroso groups, excluding NO2 is 1. The van der Waals surface area contributed by atoms with Crippen molar-refractivity contribution in [1.29, 1.82) is 0 Å². The molecule has 0 radical (unpaired) electrons. The summed E-state index contributed by atoms with van der Waals surface area (Å²) in [4.78, 5) is 39.0. The van der Waals surface area contributed by atoms with Crippen LogP contribution in [0.3, 0.4) is 0 Å². The van der Waals surface area contributed by atoms with E-state index in [0.29, 0.717) is 31.3 Å². The molecule has 23 heavy (non-hydrogen) atoms. The second kappa shape index (κ2) is 9.30. The van der Waals surface area contributed by atoms with Crippen molar-refractivity contribution in [3.8, 4) is 0 Å². The van der Waals surface area contributed by atoms with Crippen LogP contribution >= 0.6 is 11.9 Å². The van der Waals surface area contributed by atoms with E-state index in [1.807, 2.05) is 0 Å². The van der Waals surface area contributed by atoms with Gasteiger partial charge in [-0.25, -0.2) is 4.79 Å². The van der Waals surface area contributed by atoms with E-state index in [2.05, 4.69) is 9.57 Å². The summed E-state index contributed by atoms with van der Waals surface area (Å²) in [5.41, 5.74) is 10.4. The molecule has 0 aliphatic carbocycles. The van der Waals surface area contributed by atoms with Crippen molar-refractivity contribution < 1.29 is 19.8 Å². The van der Waals surface area contributed by atoms with Crippen LogP contribution in [0.15, 0.2) is 9.57 Å². The summed E-state index contributed by atoms with van der Waals surface area (Å²) in [7, 11) is 0. The minimum absolute atomic E-state index is 0.000860. The summed E-state index contributed by atoms with van der Waals surface area (Å²) in [5.74, 6) is -2.06. The Morgan fingerprint density at radius 1 is 1.39 bits per heavy atom. The number of rotatable bonds is 9. The Kier molecular flexibility index (Phi) is 7.75. The summed E-state index contributed by atoms with van der Waals surface area (Å²) in [5, 5.41) is 18.8. The van der Waals surface area contributed by atoms with Gasteiger partial charge < -0.3 is 26.6 Å². The number of β-amino-alcohol motifs (C(OH)–C–C–N with tert-alkyl or cyclic N) is 1. The summed E-state index contributed by atoms with van der Waals surface area (Å²) in [6, 6.07) is -1.05. The van der Waals surface area contributed by atoms with Crippen molar-refractivity contribution in [2.24, 2.45) is 27.0 Å². The fourth-order valence-corrected chi connectivity index (χ4v) is 3.02.